The number of pyridine rings is 1. The molecule has 1 unspecified atom stereocenters. The first-order chi connectivity index (χ1) is 15.0. The zero-order valence-electron chi connectivity index (χ0n) is 17.1. The summed E-state index contributed by atoms with van der Waals surface area (Å²) in [4.78, 5) is 18.3. The van der Waals surface area contributed by atoms with Crippen LogP contribution in [-0.2, 0) is 9.53 Å². The van der Waals surface area contributed by atoms with Crippen molar-refractivity contribution in [3.63, 3.8) is 0 Å². The lowest BCUT2D eigenvalue weighted by Gasteiger charge is -2.28. The van der Waals surface area contributed by atoms with Gasteiger partial charge in [0.25, 0.3) is 0 Å². The van der Waals surface area contributed by atoms with Crippen LogP contribution < -0.4 is 15.0 Å². The molecule has 0 saturated heterocycles. The van der Waals surface area contributed by atoms with Crippen LogP contribution in [0, 0.1) is 5.82 Å². The fourth-order valence-corrected chi connectivity index (χ4v) is 3.69. The molecule has 2 aromatic carbocycles. The smallest absolute Gasteiger partial charge is 0.220 e. The van der Waals surface area contributed by atoms with Crippen LogP contribution in [0.3, 0.4) is 0 Å². The number of carbonyl (C=O) groups is 1. The van der Waals surface area contributed by atoms with Crippen LogP contribution in [0.25, 0.3) is 10.9 Å². The van der Waals surface area contributed by atoms with Gasteiger partial charge >= 0.3 is 0 Å². The molecule has 31 heavy (non-hydrogen) atoms. The van der Waals surface area contributed by atoms with E-state index in [4.69, 9.17) is 21.1 Å². The third kappa shape index (κ3) is 4.89. The SMILES string of the molecule is CCC(=O)NC1COCCN(c2ccc(F)c(Cl)c2)c2ccnc3ccc(cc23)OC1. The maximum atomic E-state index is 13.8. The summed E-state index contributed by atoms with van der Waals surface area (Å²) < 4.78 is 25.6. The van der Waals surface area contributed by atoms with Crippen molar-refractivity contribution in [1.82, 2.24) is 10.3 Å². The normalized spacial score (nSPS) is 17.0. The van der Waals surface area contributed by atoms with Crippen molar-refractivity contribution < 1.29 is 18.7 Å². The van der Waals surface area contributed by atoms with Gasteiger partial charge in [-0.3, -0.25) is 9.78 Å². The molecule has 0 fully saturated rings. The fourth-order valence-electron chi connectivity index (χ4n) is 3.52. The number of halogens is 2. The zero-order chi connectivity index (χ0) is 21.8. The van der Waals surface area contributed by atoms with E-state index in [2.05, 4.69) is 10.3 Å². The van der Waals surface area contributed by atoms with E-state index in [1.807, 2.05) is 29.2 Å². The van der Waals surface area contributed by atoms with Crippen LogP contribution in [0.1, 0.15) is 13.3 Å². The topological polar surface area (TPSA) is 63.7 Å². The molecule has 2 bridgehead atoms. The number of ether oxygens (including phenoxy) is 2. The molecule has 3 aromatic rings. The highest BCUT2D eigenvalue weighted by molar-refractivity contribution is 6.31. The Bertz CT molecular complexity index is 1090. The van der Waals surface area contributed by atoms with Gasteiger partial charge in [-0.15, -0.1) is 0 Å². The highest BCUT2D eigenvalue weighted by Crippen LogP contribution is 2.35. The molecule has 1 aliphatic heterocycles. The maximum absolute atomic E-state index is 13.8. The summed E-state index contributed by atoms with van der Waals surface area (Å²) in [5, 5.41) is 3.87. The molecule has 1 amide bonds. The zero-order valence-corrected chi connectivity index (χ0v) is 17.9. The Labute approximate surface area is 184 Å². The summed E-state index contributed by atoms with van der Waals surface area (Å²) in [5.41, 5.74) is 2.43. The number of nitrogens with zero attached hydrogens (tertiary/aromatic N) is 2. The summed E-state index contributed by atoms with van der Waals surface area (Å²) in [6.07, 6.45) is 2.12. The van der Waals surface area contributed by atoms with Gasteiger partial charge in [-0.1, -0.05) is 18.5 Å². The predicted octanol–water partition coefficient (Wildman–Crippen LogP) is 4.47. The van der Waals surface area contributed by atoms with Crippen molar-refractivity contribution >= 4 is 39.8 Å². The molecule has 1 atom stereocenters. The molecule has 162 valence electrons. The number of carbonyl (C=O) groups excluding carboxylic acids is 1. The van der Waals surface area contributed by atoms with Gasteiger partial charge in [0.2, 0.25) is 5.91 Å². The lowest BCUT2D eigenvalue weighted by molar-refractivity contribution is -0.122. The number of amides is 1. The minimum Gasteiger partial charge on any atom is -0.491 e. The van der Waals surface area contributed by atoms with Gasteiger partial charge in [0, 0.05) is 30.2 Å². The molecule has 1 N–H and O–H groups in total. The van der Waals surface area contributed by atoms with Crippen LogP contribution in [0.2, 0.25) is 5.02 Å². The summed E-state index contributed by atoms with van der Waals surface area (Å²) in [6, 6.07) is 11.9. The average Bonchev–Trinajstić information content (AvgIpc) is 2.78. The second kappa shape index (κ2) is 9.49. The van der Waals surface area contributed by atoms with Crippen molar-refractivity contribution in [2.24, 2.45) is 0 Å². The number of benzene rings is 2. The first kappa shape index (κ1) is 21.3. The largest absolute Gasteiger partial charge is 0.491 e. The minimum absolute atomic E-state index is 0.0502. The van der Waals surface area contributed by atoms with E-state index >= 15 is 0 Å². The molecule has 0 radical (unpaired) electrons. The number of rotatable bonds is 3. The predicted molar refractivity (Wildman–Crippen MR) is 119 cm³/mol. The Hall–Kier alpha value is -2.90. The second-order valence-corrected chi connectivity index (χ2v) is 7.67. The van der Waals surface area contributed by atoms with E-state index in [0.29, 0.717) is 38.5 Å². The summed E-state index contributed by atoms with van der Waals surface area (Å²) in [7, 11) is 0. The standard InChI is InChI=1S/C23H23ClFN3O3/c1-2-23(29)27-15-13-30-10-9-28(16-3-5-20(25)19(24)11-16)22-7-8-26-21-6-4-17(31-14-15)12-18(21)22/h3-8,11-12,15H,2,9-10,13-14H2,1H3,(H,27,29). The molecule has 8 heteroatoms. The number of fused-ring (bicyclic) bond motifs is 1. The number of nitrogens with one attached hydrogen (secondary N) is 1. The summed E-state index contributed by atoms with van der Waals surface area (Å²) in [5.74, 6) is 0.132. The molecule has 0 saturated carbocycles. The first-order valence-electron chi connectivity index (χ1n) is 10.2. The Kier molecular flexibility index (Phi) is 6.53. The van der Waals surface area contributed by atoms with E-state index in [0.717, 1.165) is 22.3 Å². The third-order valence-electron chi connectivity index (χ3n) is 5.11. The number of hydrogen-bond acceptors (Lipinski definition) is 5. The first-order valence-corrected chi connectivity index (χ1v) is 10.5. The highest BCUT2D eigenvalue weighted by Gasteiger charge is 2.18. The Morgan fingerprint density at radius 2 is 2.13 bits per heavy atom. The van der Waals surface area contributed by atoms with Gasteiger partial charge in [-0.25, -0.2) is 4.39 Å². The fraction of sp³-hybridized carbons (Fsp3) is 0.304. The van der Waals surface area contributed by atoms with Crippen molar-refractivity contribution in [3.05, 3.63) is 59.5 Å². The lowest BCUT2D eigenvalue weighted by atomic mass is 10.1. The molecule has 1 aliphatic rings. The monoisotopic (exact) mass is 443 g/mol. The minimum atomic E-state index is -0.471. The molecule has 0 aliphatic carbocycles. The van der Waals surface area contributed by atoms with Crippen molar-refractivity contribution in [2.45, 2.75) is 19.4 Å². The van der Waals surface area contributed by atoms with E-state index in [-0.39, 0.29) is 17.0 Å². The van der Waals surface area contributed by atoms with Crippen molar-refractivity contribution in [1.29, 1.82) is 0 Å². The molecule has 1 aromatic heterocycles. The van der Waals surface area contributed by atoms with Gasteiger partial charge in [-0.2, -0.15) is 0 Å². The number of hydrogen-bond donors (Lipinski definition) is 1. The molecule has 0 spiro atoms. The molecule has 2 heterocycles. The van der Waals surface area contributed by atoms with Crippen molar-refractivity contribution in [3.8, 4) is 5.75 Å². The summed E-state index contributed by atoms with van der Waals surface area (Å²) in [6.45, 7) is 3.30. The second-order valence-electron chi connectivity index (χ2n) is 7.26. The average molecular weight is 444 g/mol. The van der Waals surface area contributed by atoms with Gasteiger partial charge in [0.1, 0.15) is 18.2 Å². The van der Waals surface area contributed by atoms with Crippen LogP contribution in [0.5, 0.6) is 5.75 Å². The van der Waals surface area contributed by atoms with Gasteiger partial charge in [0.05, 0.1) is 35.5 Å². The van der Waals surface area contributed by atoms with Crippen LogP contribution in [-0.4, -0.2) is 43.3 Å². The summed E-state index contributed by atoms with van der Waals surface area (Å²) >= 11 is 6.06. The Balaban J connectivity index is 1.74. The Morgan fingerprint density at radius 1 is 1.26 bits per heavy atom. The number of anilines is 2. The highest BCUT2D eigenvalue weighted by atomic mass is 35.5. The van der Waals surface area contributed by atoms with Crippen LogP contribution >= 0.6 is 11.6 Å². The lowest BCUT2D eigenvalue weighted by Crippen LogP contribution is -2.42. The van der Waals surface area contributed by atoms with E-state index in [1.165, 1.54) is 6.07 Å². The quantitative estimate of drug-likeness (QED) is 0.647. The maximum Gasteiger partial charge on any atom is 0.220 e. The molecular formula is C23H23ClFN3O3. The van der Waals surface area contributed by atoms with E-state index in [9.17, 15) is 9.18 Å². The van der Waals surface area contributed by atoms with Gasteiger partial charge < -0.3 is 19.7 Å². The number of aromatic nitrogens is 1. The van der Waals surface area contributed by atoms with Gasteiger partial charge in [-0.05, 0) is 42.5 Å². The van der Waals surface area contributed by atoms with Gasteiger partial charge in [0.15, 0.2) is 0 Å². The third-order valence-corrected chi connectivity index (χ3v) is 5.40. The van der Waals surface area contributed by atoms with E-state index in [1.54, 1.807) is 25.3 Å². The van der Waals surface area contributed by atoms with Crippen LogP contribution in [0.4, 0.5) is 15.8 Å². The molecular weight excluding hydrogens is 421 g/mol. The molecule has 4 rings (SSSR count). The molecule has 6 nitrogen and oxygen atoms in total. The van der Waals surface area contributed by atoms with E-state index < -0.39 is 5.82 Å². The van der Waals surface area contributed by atoms with Crippen LogP contribution in [0.15, 0.2) is 48.7 Å². The Morgan fingerprint density at radius 3 is 2.94 bits per heavy atom. The van der Waals surface area contributed by atoms with Crippen molar-refractivity contribution in [2.75, 3.05) is 31.3 Å².